The van der Waals surface area contributed by atoms with E-state index < -0.39 is 0 Å². The van der Waals surface area contributed by atoms with Crippen LogP contribution in [0.5, 0.6) is 5.75 Å². The molecule has 0 radical (unpaired) electrons. The summed E-state index contributed by atoms with van der Waals surface area (Å²) in [6, 6.07) is 12.0. The van der Waals surface area contributed by atoms with E-state index in [1.165, 1.54) is 11.1 Å². The van der Waals surface area contributed by atoms with E-state index in [0.717, 1.165) is 29.0 Å². The lowest BCUT2D eigenvalue weighted by atomic mass is 10.1. The molecule has 0 unspecified atom stereocenters. The first kappa shape index (κ1) is 16.9. The van der Waals surface area contributed by atoms with Crippen molar-refractivity contribution in [2.24, 2.45) is 0 Å². The van der Waals surface area contributed by atoms with Crippen molar-refractivity contribution >= 4 is 11.7 Å². The molecule has 2 rings (SSSR count). The summed E-state index contributed by atoms with van der Waals surface area (Å²) >= 11 is 0. The number of ether oxygens (including phenoxy) is 1. The molecular formula is C19H24N2O2. The summed E-state index contributed by atoms with van der Waals surface area (Å²) in [4.78, 5) is 11.6. The molecule has 0 heterocycles. The molecule has 0 aromatic heterocycles. The van der Waals surface area contributed by atoms with Crippen LogP contribution < -0.4 is 15.4 Å². The van der Waals surface area contributed by atoms with Crippen molar-refractivity contribution < 1.29 is 9.53 Å². The SMILES string of the molecule is CCc1ccc(COc2ccc(C)cc2C)c(NC(=O)NC)c1. The summed E-state index contributed by atoms with van der Waals surface area (Å²) in [6.45, 7) is 6.59. The van der Waals surface area contributed by atoms with Crippen LogP contribution in [0.3, 0.4) is 0 Å². The summed E-state index contributed by atoms with van der Waals surface area (Å²) in [7, 11) is 1.60. The maximum atomic E-state index is 11.6. The quantitative estimate of drug-likeness (QED) is 0.869. The molecule has 2 N–H and O–H groups in total. The Morgan fingerprint density at radius 3 is 2.57 bits per heavy atom. The van der Waals surface area contributed by atoms with E-state index >= 15 is 0 Å². The topological polar surface area (TPSA) is 50.4 Å². The molecule has 0 atom stereocenters. The lowest BCUT2D eigenvalue weighted by molar-refractivity contribution is 0.254. The summed E-state index contributed by atoms with van der Waals surface area (Å²) in [6.07, 6.45) is 0.917. The van der Waals surface area contributed by atoms with Crippen LogP contribution in [0.4, 0.5) is 10.5 Å². The zero-order valence-corrected chi connectivity index (χ0v) is 14.2. The molecule has 0 aliphatic carbocycles. The Bertz CT molecular complexity index is 696. The minimum Gasteiger partial charge on any atom is -0.489 e. The molecule has 2 amide bonds. The Morgan fingerprint density at radius 1 is 1.13 bits per heavy atom. The van der Waals surface area contributed by atoms with Crippen molar-refractivity contribution in [2.75, 3.05) is 12.4 Å². The fraction of sp³-hybridized carbons (Fsp3) is 0.316. The highest BCUT2D eigenvalue weighted by Crippen LogP contribution is 2.23. The normalized spacial score (nSPS) is 10.3. The van der Waals surface area contributed by atoms with Crippen LogP contribution in [-0.4, -0.2) is 13.1 Å². The van der Waals surface area contributed by atoms with Crippen molar-refractivity contribution in [3.05, 3.63) is 58.7 Å². The van der Waals surface area contributed by atoms with Gasteiger partial charge in [0.2, 0.25) is 0 Å². The second-order valence-corrected chi connectivity index (χ2v) is 5.61. The molecule has 2 aromatic carbocycles. The molecular weight excluding hydrogens is 288 g/mol. The van der Waals surface area contributed by atoms with Gasteiger partial charge in [-0.1, -0.05) is 36.8 Å². The van der Waals surface area contributed by atoms with Crippen LogP contribution in [-0.2, 0) is 13.0 Å². The van der Waals surface area contributed by atoms with Gasteiger partial charge in [-0.15, -0.1) is 0 Å². The van der Waals surface area contributed by atoms with Crippen LogP contribution in [0.25, 0.3) is 0 Å². The Morgan fingerprint density at radius 2 is 1.91 bits per heavy atom. The number of hydrogen-bond acceptors (Lipinski definition) is 2. The van der Waals surface area contributed by atoms with Gasteiger partial charge in [-0.25, -0.2) is 4.79 Å². The highest BCUT2D eigenvalue weighted by molar-refractivity contribution is 5.90. The van der Waals surface area contributed by atoms with E-state index in [9.17, 15) is 4.79 Å². The average molecular weight is 312 g/mol. The van der Waals surface area contributed by atoms with Crippen LogP contribution in [0.1, 0.15) is 29.2 Å². The van der Waals surface area contributed by atoms with Crippen LogP contribution in [0, 0.1) is 13.8 Å². The molecule has 122 valence electrons. The molecule has 0 aliphatic rings. The minimum absolute atomic E-state index is 0.231. The van der Waals surface area contributed by atoms with Gasteiger partial charge in [-0.2, -0.15) is 0 Å². The van der Waals surface area contributed by atoms with Crippen LogP contribution >= 0.6 is 0 Å². The Hall–Kier alpha value is -2.49. The lowest BCUT2D eigenvalue weighted by Gasteiger charge is -2.15. The van der Waals surface area contributed by atoms with Crippen molar-refractivity contribution in [1.29, 1.82) is 0 Å². The zero-order chi connectivity index (χ0) is 16.8. The van der Waals surface area contributed by atoms with E-state index in [1.54, 1.807) is 7.05 Å². The van der Waals surface area contributed by atoms with Crippen molar-refractivity contribution in [3.63, 3.8) is 0 Å². The van der Waals surface area contributed by atoms with E-state index in [4.69, 9.17) is 4.74 Å². The largest absolute Gasteiger partial charge is 0.489 e. The van der Waals surface area contributed by atoms with Crippen molar-refractivity contribution in [2.45, 2.75) is 33.8 Å². The fourth-order valence-corrected chi connectivity index (χ4v) is 2.39. The van der Waals surface area contributed by atoms with Crippen molar-refractivity contribution in [1.82, 2.24) is 5.32 Å². The highest BCUT2D eigenvalue weighted by atomic mass is 16.5. The third-order valence-corrected chi connectivity index (χ3v) is 3.77. The number of rotatable bonds is 5. The average Bonchev–Trinajstić information content (AvgIpc) is 2.54. The zero-order valence-electron chi connectivity index (χ0n) is 14.2. The number of carbonyl (C=O) groups excluding carboxylic acids is 1. The Balaban J connectivity index is 2.19. The van der Waals surface area contributed by atoms with E-state index in [-0.39, 0.29) is 6.03 Å². The van der Waals surface area contributed by atoms with Gasteiger partial charge in [-0.3, -0.25) is 0 Å². The first-order valence-electron chi connectivity index (χ1n) is 7.84. The predicted molar refractivity (Wildman–Crippen MR) is 94.1 cm³/mol. The fourth-order valence-electron chi connectivity index (χ4n) is 2.39. The van der Waals surface area contributed by atoms with Gasteiger partial charge >= 0.3 is 6.03 Å². The summed E-state index contributed by atoms with van der Waals surface area (Å²) in [5.41, 5.74) is 5.23. The van der Waals surface area contributed by atoms with Gasteiger partial charge in [0.15, 0.2) is 0 Å². The lowest BCUT2D eigenvalue weighted by Crippen LogP contribution is -2.25. The molecule has 0 bridgehead atoms. The summed E-state index contributed by atoms with van der Waals surface area (Å²) in [5, 5.41) is 5.44. The number of urea groups is 1. The first-order chi connectivity index (χ1) is 11.0. The minimum atomic E-state index is -0.231. The number of benzene rings is 2. The smallest absolute Gasteiger partial charge is 0.318 e. The molecule has 2 aromatic rings. The third-order valence-electron chi connectivity index (χ3n) is 3.77. The monoisotopic (exact) mass is 312 g/mol. The number of aryl methyl sites for hydroxylation is 3. The standard InChI is InChI=1S/C19H24N2O2/c1-5-15-7-8-16(17(11-15)21-19(22)20-4)12-23-18-9-6-13(2)10-14(18)3/h6-11H,5,12H2,1-4H3,(H2,20,21,22). The second kappa shape index (κ2) is 7.68. The maximum absolute atomic E-state index is 11.6. The van der Waals surface area contributed by atoms with Gasteiger partial charge < -0.3 is 15.4 Å². The van der Waals surface area contributed by atoms with Gasteiger partial charge in [-0.05, 0) is 43.5 Å². The summed E-state index contributed by atoms with van der Waals surface area (Å²) < 4.78 is 5.94. The second-order valence-electron chi connectivity index (χ2n) is 5.61. The first-order valence-corrected chi connectivity index (χ1v) is 7.84. The van der Waals surface area contributed by atoms with Crippen LogP contribution in [0.2, 0.25) is 0 Å². The summed E-state index contributed by atoms with van der Waals surface area (Å²) in [5.74, 6) is 0.862. The molecule has 0 aliphatic heterocycles. The third kappa shape index (κ3) is 4.49. The number of anilines is 1. The van der Waals surface area contributed by atoms with E-state index in [1.807, 2.05) is 31.2 Å². The van der Waals surface area contributed by atoms with Gasteiger partial charge in [0, 0.05) is 18.3 Å². The molecule has 4 nitrogen and oxygen atoms in total. The van der Waals surface area contributed by atoms with Crippen molar-refractivity contribution in [3.8, 4) is 5.75 Å². The van der Waals surface area contributed by atoms with E-state index in [2.05, 4.69) is 36.6 Å². The van der Waals surface area contributed by atoms with Gasteiger partial charge in [0.05, 0.1) is 0 Å². The van der Waals surface area contributed by atoms with Gasteiger partial charge in [0.1, 0.15) is 12.4 Å². The Labute approximate surface area is 137 Å². The highest BCUT2D eigenvalue weighted by Gasteiger charge is 2.08. The molecule has 0 saturated carbocycles. The molecule has 0 spiro atoms. The molecule has 0 saturated heterocycles. The molecule has 0 fully saturated rings. The van der Waals surface area contributed by atoms with E-state index in [0.29, 0.717) is 6.61 Å². The predicted octanol–water partition coefficient (Wildman–Crippen LogP) is 4.20. The Kier molecular flexibility index (Phi) is 5.63. The molecule has 23 heavy (non-hydrogen) atoms. The van der Waals surface area contributed by atoms with Crippen LogP contribution in [0.15, 0.2) is 36.4 Å². The van der Waals surface area contributed by atoms with Gasteiger partial charge in [0.25, 0.3) is 0 Å². The maximum Gasteiger partial charge on any atom is 0.318 e. The number of amides is 2. The number of hydrogen-bond donors (Lipinski definition) is 2. The number of nitrogens with one attached hydrogen (secondary N) is 2. The molecule has 4 heteroatoms. The number of carbonyl (C=O) groups is 1.